The summed E-state index contributed by atoms with van der Waals surface area (Å²) in [5.41, 5.74) is 5.62. The van der Waals surface area contributed by atoms with Crippen LogP contribution in [-0.4, -0.2) is 5.91 Å². The zero-order valence-corrected chi connectivity index (χ0v) is 11.6. The van der Waals surface area contributed by atoms with E-state index in [0.717, 1.165) is 4.88 Å². The van der Waals surface area contributed by atoms with Crippen LogP contribution in [0.15, 0.2) is 29.6 Å². The van der Waals surface area contributed by atoms with Gasteiger partial charge in [-0.25, -0.2) is 8.78 Å². The van der Waals surface area contributed by atoms with Gasteiger partial charge in [-0.2, -0.15) is 0 Å². The van der Waals surface area contributed by atoms with Crippen molar-refractivity contribution in [2.75, 3.05) is 0 Å². The number of nitrogens with one attached hydrogen (secondary N) is 1. The molecule has 0 aliphatic carbocycles. The maximum Gasteiger partial charge on any atom is 0.249 e. The standard InChI is InChI=1S/C14H14F2N2OS/c1-8(13-11(15)3-2-4-12(13)16)18-6-10-5-9(7-20-10)14(17)19/h2-5,7-8,18H,6H2,1H3,(H2,17,19). The van der Waals surface area contributed by atoms with E-state index in [2.05, 4.69) is 5.32 Å². The number of hydrogen-bond acceptors (Lipinski definition) is 3. The molecular weight excluding hydrogens is 282 g/mol. The van der Waals surface area contributed by atoms with Gasteiger partial charge < -0.3 is 11.1 Å². The predicted octanol–water partition coefficient (Wildman–Crippen LogP) is 2.98. The normalized spacial score (nSPS) is 12.3. The summed E-state index contributed by atoms with van der Waals surface area (Å²) in [6.07, 6.45) is 0. The Morgan fingerprint density at radius 3 is 2.60 bits per heavy atom. The van der Waals surface area contributed by atoms with Gasteiger partial charge in [0.25, 0.3) is 0 Å². The summed E-state index contributed by atoms with van der Waals surface area (Å²) < 4.78 is 27.2. The summed E-state index contributed by atoms with van der Waals surface area (Å²) in [4.78, 5) is 11.8. The Hall–Kier alpha value is -1.79. The lowest BCUT2D eigenvalue weighted by Gasteiger charge is -2.15. The molecule has 3 nitrogen and oxygen atoms in total. The van der Waals surface area contributed by atoms with Crippen LogP contribution in [0.4, 0.5) is 8.78 Å². The van der Waals surface area contributed by atoms with E-state index in [0.29, 0.717) is 12.1 Å². The predicted molar refractivity (Wildman–Crippen MR) is 74.4 cm³/mol. The fourth-order valence-electron chi connectivity index (χ4n) is 1.88. The zero-order chi connectivity index (χ0) is 14.7. The summed E-state index contributed by atoms with van der Waals surface area (Å²) in [7, 11) is 0. The molecule has 0 radical (unpaired) electrons. The first-order valence-corrected chi connectivity index (χ1v) is 6.91. The third-order valence-electron chi connectivity index (χ3n) is 2.95. The smallest absolute Gasteiger partial charge is 0.249 e. The van der Waals surface area contributed by atoms with E-state index in [1.807, 2.05) is 0 Å². The third-order valence-corrected chi connectivity index (χ3v) is 3.89. The molecule has 1 unspecified atom stereocenters. The van der Waals surface area contributed by atoms with Gasteiger partial charge in [0.1, 0.15) is 11.6 Å². The van der Waals surface area contributed by atoms with Crippen molar-refractivity contribution in [3.8, 4) is 0 Å². The zero-order valence-electron chi connectivity index (χ0n) is 10.8. The molecule has 0 saturated heterocycles. The Morgan fingerprint density at radius 2 is 2.05 bits per heavy atom. The molecule has 6 heteroatoms. The summed E-state index contributed by atoms with van der Waals surface area (Å²) in [6.45, 7) is 2.09. The van der Waals surface area contributed by atoms with Crippen LogP contribution in [-0.2, 0) is 6.54 Å². The van der Waals surface area contributed by atoms with Crippen LogP contribution in [0.25, 0.3) is 0 Å². The van der Waals surface area contributed by atoms with Gasteiger partial charge in [0.2, 0.25) is 5.91 Å². The molecule has 106 valence electrons. The topological polar surface area (TPSA) is 55.1 Å². The summed E-state index contributed by atoms with van der Waals surface area (Å²) in [5.74, 6) is -1.64. The highest BCUT2D eigenvalue weighted by atomic mass is 32.1. The van der Waals surface area contributed by atoms with Crippen molar-refractivity contribution in [2.24, 2.45) is 5.73 Å². The van der Waals surface area contributed by atoms with E-state index in [1.54, 1.807) is 18.4 Å². The van der Waals surface area contributed by atoms with Crippen LogP contribution in [0.3, 0.4) is 0 Å². The van der Waals surface area contributed by atoms with Crippen molar-refractivity contribution in [3.05, 3.63) is 57.3 Å². The van der Waals surface area contributed by atoms with Crippen molar-refractivity contribution in [3.63, 3.8) is 0 Å². The van der Waals surface area contributed by atoms with E-state index in [9.17, 15) is 13.6 Å². The fraction of sp³-hybridized carbons (Fsp3) is 0.214. The fourth-order valence-corrected chi connectivity index (χ4v) is 2.71. The van der Waals surface area contributed by atoms with Crippen molar-refractivity contribution in [2.45, 2.75) is 19.5 Å². The van der Waals surface area contributed by atoms with Crippen LogP contribution in [0.5, 0.6) is 0 Å². The molecule has 2 rings (SSSR count). The molecule has 1 atom stereocenters. The van der Waals surface area contributed by atoms with E-state index >= 15 is 0 Å². The second kappa shape index (κ2) is 6.11. The monoisotopic (exact) mass is 296 g/mol. The van der Waals surface area contributed by atoms with Crippen molar-refractivity contribution in [1.82, 2.24) is 5.32 Å². The van der Waals surface area contributed by atoms with Crippen LogP contribution in [0.1, 0.15) is 33.8 Å². The first-order chi connectivity index (χ1) is 9.49. The minimum atomic E-state index is -0.575. The number of rotatable bonds is 5. The second-order valence-corrected chi connectivity index (χ2v) is 5.40. The lowest BCUT2D eigenvalue weighted by molar-refractivity contribution is 0.100. The maximum absolute atomic E-state index is 13.6. The van der Waals surface area contributed by atoms with E-state index in [4.69, 9.17) is 5.73 Å². The first kappa shape index (κ1) is 14.6. The highest BCUT2D eigenvalue weighted by Gasteiger charge is 2.15. The summed E-state index contributed by atoms with van der Waals surface area (Å²) in [5, 5.41) is 4.69. The van der Waals surface area contributed by atoms with Crippen LogP contribution in [0.2, 0.25) is 0 Å². The van der Waals surface area contributed by atoms with Gasteiger partial charge in [0.05, 0.1) is 5.56 Å². The molecule has 20 heavy (non-hydrogen) atoms. The lowest BCUT2D eigenvalue weighted by atomic mass is 10.1. The molecule has 2 aromatic rings. The van der Waals surface area contributed by atoms with Crippen LogP contribution in [0, 0.1) is 11.6 Å². The van der Waals surface area contributed by atoms with E-state index < -0.39 is 23.6 Å². The minimum absolute atomic E-state index is 0.0131. The van der Waals surface area contributed by atoms with Gasteiger partial charge in [0.15, 0.2) is 0 Å². The number of thiophene rings is 1. The molecular formula is C14H14F2N2OS. The number of nitrogens with two attached hydrogens (primary N) is 1. The van der Waals surface area contributed by atoms with Gasteiger partial charge in [-0.3, -0.25) is 4.79 Å². The van der Waals surface area contributed by atoms with Gasteiger partial charge in [-0.05, 0) is 25.1 Å². The first-order valence-electron chi connectivity index (χ1n) is 6.03. The molecule has 1 aromatic heterocycles. The van der Waals surface area contributed by atoms with Gasteiger partial charge in [-0.1, -0.05) is 6.07 Å². The van der Waals surface area contributed by atoms with Gasteiger partial charge in [0, 0.05) is 28.4 Å². The maximum atomic E-state index is 13.6. The highest BCUT2D eigenvalue weighted by Crippen LogP contribution is 2.21. The molecule has 0 aliphatic rings. The number of carbonyl (C=O) groups excluding carboxylic acids is 1. The van der Waals surface area contributed by atoms with Gasteiger partial charge >= 0.3 is 0 Å². The Balaban J connectivity index is 2.04. The molecule has 3 N–H and O–H groups in total. The SMILES string of the molecule is CC(NCc1cc(C(N)=O)cs1)c1c(F)cccc1F. The van der Waals surface area contributed by atoms with E-state index in [1.165, 1.54) is 29.5 Å². The number of amides is 1. The van der Waals surface area contributed by atoms with Crippen molar-refractivity contribution < 1.29 is 13.6 Å². The molecule has 0 fully saturated rings. The molecule has 1 amide bonds. The number of carbonyl (C=O) groups is 1. The third kappa shape index (κ3) is 3.20. The Labute approximate surface area is 119 Å². The molecule has 1 heterocycles. The van der Waals surface area contributed by atoms with Crippen molar-refractivity contribution in [1.29, 1.82) is 0 Å². The molecule has 1 aromatic carbocycles. The number of hydrogen-bond donors (Lipinski definition) is 2. The van der Waals surface area contributed by atoms with Gasteiger partial charge in [-0.15, -0.1) is 11.3 Å². The second-order valence-electron chi connectivity index (χ2n) is 4.40. The summed E-state index contributed by atoms with van der Waals surface area (Å²) in [6, 6.07) is 4.99. The molecule has 0 bridgehead atoms. The largest absolute Gasteiger partial charge is 0.366 e. The summed E-state index contributed by atoms with van der Waals surface area (Å²) >= 11 is 1.37. The molecule has 0 aliphatic heterocycles. The quantitative estimate of drug-likeness (QED) is 0.891. The Kier molecular flexibility index (Phi) is 4.46. The van der Waals surface area contributed by atoms with Crippen molar-refractivity contribution >= 4 is 17.2 Å². The average Bonchev–Trinajstić information content (AvgIpc) is 2.85. The lowest BCUT2D eigenvalue weighted by Crippen LogP contribution is -2.20. The number of halogens is 2. The Morgan fingerprint density at radius 1 is 1.40 bits per heavy atom. The average molecular weight is 296 g/mol. The molecule has 0 saturated carbocycles. The number of benzene rings is 1. The van der Waals surface area contributed by atoms with Crippen LogP contribution >= 0.6 is 11.3 Å². The minimum Gasteiger partial charge on any atom is -0.366 e. The highest BCUT2D eigenvalue weighted by molar-refractivity contribution is 7.10. The Bertz CT molecular complexity index is 607. The van der Waals surface area contributed by atoms with Crippen LogP contribution < -0.4 is 11.1 Å². The molecule has 0 spiro atoms. The van der Waals surface area contributed by atoms with E-state index in [-0.39, 0.29) is 5.56 Å². The number of primary amides is 1.